The van der Waals surface area contributed by atoms with Gasteiger partial charge in [-0.3, -0.25) is 0 Å². The smallest absolute Gasteiger partial charge is 0.175 e. The van der Waals surface area contributed by atoms with E-state index in [1.165, 1.54) is 12.1 Å². The summed E-state index contributed by atoms with van der Waals surface area (Å²) in [6.45, 7) is 1.60. The van der Waals surface area contributed by atoms with Gasteiger partial charge in [0.25, 0.3) is 0 Å². The van der Waals surface area contributed by atoms with Gasteiger partial charge in [0.15, 0.2) is 9.84 Å². The van der Waals surface area contributed by atoms with Crippen molar-refractivity contribution < 1.29 is 23.0 Å². The van der Waals surface area contributed by atoms with E-state index in [4.69, 9.17) is 9.47 Å². The van der Waals surface area contributed by atoms with Crippen LogP contribution in [0.15, 0.2) is 59.5 Å². The van der Waals surface area contributed by atoms with Gasteiger partial charge in [-0.1, -0.05) is 18.2 Å². The maximum atomic E-state index is 11.4. The summed E-state index contributed by atoms with van der Waals surface area (Å²) < 4.78 is 33.7. The lowest BCUT2D eigenvalue weighted by molar-refractivity contribution is 0.105. The minimum atomic E-state index is -3.22. The Morgan fingerprint density at radius 1 is 1.00 bits per heavy atom. The molecule has 2 aromatic carbocycles. The molecule has 6 nitrogen and oxygen atoms in total. The highest BCUT2D eigenvalue weighted by atomic mass is 32.2. The summed E-state index contributed by atoms with van der Waals surface area (Å²) in [5, 5.41) is 13.0. The summed E-state index contributed by atoms with van der Waals surface area (Å²) >= 11 is 0. The van der Waals surface area contributed by atoms with Crippen molar-refractivity contribution in [3.05, 3.63) is 54.6 Å². The first-order valence-electron chi connectivity index (χ1n) is 7.95. The fraction of sp³-hybridized carbons (Fsp3) is 0.333. The monoisotopic (exact) mass is 365 g/mol. The summed E-state index contributed by atoms with van der Waals surface area (Å²) in [5.74, 6) is 1.32. The molecule has 136 valence electrons. The van der Waals surface area contributed by atoms with Crippen LogP contribution < -0.4 is 14.8 Å². The molecular formula is C18H23NO5S. The van der Waals surface area contributed by atoms with Crippen LogP contribution in [-0.4, -0.2) is 52.2 Å². The standard InChI is InChI=1S/C18H23NO5S/c1-25(21,22)18-9-7-17(8-10-18)24-14-15(20)13-19-11-12-23-16-5-3-2-4-6-16/h2-10,15,19-20H,11-14H2,1H3. The fourth-order valence-corrected chi connectivity index (χ4v) is 2.69. The van der Waals surface area contributed by atoms with Gasteiger partial charge >= 0.3 is 0 Å². The lowest BCUT2D eigenvalue weighted by atomic mass is 10.3. The molecule has 2 aromatic rings. The number of nitrogens with one attached hydrogen (secondary N) is 1. The topological polar surface area (TPSA) is 84.9 Å². The van der Waals surface area contributed by atoms with E-state index < -0.39 is 15.9 Å². The average molecular weight is 365 g/mol. The van der Waals surface area contributed by atoms with Crippen LogP contribution >= 0.6 is 0 Å². The number of hydrogen-bond acceptors (Lipinski definition) is 6. The molecule has 25 heavy (non-hydrogen) atoms. The van der Waals surface area contributed by atoms with Gasteiger partial charge in [0.2, 0.25) is 0 Å². The molecule has 0 spiro atoms. The minimum absolute atomic E-state index is 0.116. The zero-order valence-corrected chi connectivity index (χ0v) is 14.9. The number of aliphatic hydroxyl groups is 1. The second kappa shape index (κ2) is 9.41. The lowest BCUT2D eigenvalue weighted by Gasteiger charge is -2.14. The van der Waals surface area contributed by atoms with Crippen LogP contribution in [0.5, 0.6) is 11.5 Å². The van der Waals surface area contributed by atoms with Gasteiger partial charge in [-0.2, -0.15) is 0 Å². The van der Waals surface area contributed by atoms with Gasteiger partial charge in [-0.25, -0.2) is 8.42 Å². The number of sulfone groups is 1. The Hall–Kier alpha value is -2.09. The Morgan fingerprint density at radius 3 is 2.28 bits per heavy atom. The average Bonchev–Trinajstić information content (AvgIpc) is 2.60. The van der Waals surface area contributed by atoms with Crippen LogP contribution in [0.3, 0.4) is 0 Å². The molecule has 2 rings (SSSR count). The summed E-state index contributed by atoms with van der Waals surface area (Å²) in [5.41, 5.74) is 0. The van der Waals surface area contributed by atoms with Crippen molar-refractivity contribution >= 4 is 9.84 Å². The van der Waals surface area contributed by atoms with Crippen molar-refractivity contribution in [3.8, 4) is 11.5 Å². The van der Waals surface area contributed by atoms with E-state index in [9.17, 15) is 13.5 Å². The summed E-state index contributed by atoms with van der Waals surface area (Å²) in [7, 11) is -3.22. The zero-order chi connectivity index (χ0) is 18.1. The van der Waals surface area contributed by atoms with Gasteiger partial charge in [0.05, 0.1) is 4.90 Å². The molecule has 7 heteroatoms. The van der Waals surface area contributed by atoms with Crippen molar-refractivity contribution in [3.63, 3.8) is 0 Å². The van der Waals surface area contributed by atoms with Crippen LogP contribution in [0.1, 0.15) is 0 Å². The molecule has 0 heterocycles. The molecule has 0 saturated carbocycles. The third-order valence-electron chi connectivity index (χ3n) is 3.37. The molecule has 2 N–H and O–H groups in total. The number of benzene rings is 2. The third-order valence-corrected chi connectivity index (χ3v) is 4.49. The van der Waals surface area contributed by atoms with E-state index in [0.717, 1.165) is 12.0 Å². The third kappa shape index (κ3) is 7.13. The molecule has 0 radical (unpaired) electrons. The van der Waals surface area contributed by atoms with Crippen molar-refractivity contribution in [2.75, 3.05) is 32.6 Å². The van der Waals surface area contributed by atoms with Crippen molar-refractivity contribution in [1.82, 2.24) is 5.32 Å². The molecule has 0 aliphatic rings. The molecular weight excluding hydrogens is 342 g/mol. The van der Waals surface area contributed by atoms with Crippen LogP contribution in [0.25, 0.3) is 0 Å². The van der Waals surface area contributed by atoms with E-state index >= 15 is 0 Å². The normalized spacial score (nSPS) is 12.6. The summed E-state index contributed by atoms with van der Waals surface area (Å²) in [6.07, 6.45) is 0.478. The Kier molecular flexibility index (Phi) is 7.24. The molecule has 1 atom stereocenters. The molecule has 0 bridgehead atoms. The number of para-hydroxylation sites is 1. The summed E-state index contributed by atoms with van der Waals surface area (Å²) in [6, 6.07) is 15.6. The van der Waals surface area contributed by atoms with Crippen molar-refractivity contribution in [2.45, 2.75) is 11.0 Å². The molecule has 0 aliphatic carbocycles. The highest BCUT2D eigenvalue weighted by Crippen LogP contribution is 2.15. The largest absolute Gasteiger partial charge is 0.492 e. The second-order valence-electron chi connectivity index (χ2n) is 5.57. The minimum Gasteiger partial charge on any atom is -0.492 e. The van der Waals surface area contributed by atoms with E-state index in [1.54, 1.807) is 12.1 Å². The van der Waals surface area contributed by atoms with E-state index in [1.807, 2.05) is 30.3 Å². The van der Waals surface area contributed by atoms with E-state index in [0.29, 0.717) is 25.4 Å². The Morgan fingerprint density at radius 2 is 1.64 bits per heavy atom. The maximum Gasteiger partial charge on any atom is 0.175 e. The Labute approximate surface area is 148 Å². The fourth-order valence-electron chi connectivity index (χ4n) is 2.06. The van der Waals surface area contributed by atoms with Gasteiger partial charge in [0, 0.05) is 19.3 Å². The van der Waals surface area contributed by atoms with E-state index in [-0.39, 0.29) is 11.5 Å². The first-order chi connectivity index (χ1) is 11.9. The predicted octanol–water partition coefficient (Wildman–Crippen LogP) is 1.50. The molecule has 0 saturated heterocycles. The molecule has 0 aliphatic heterocycles. The Bertz CT molecular complexity index is 732. The van der Waals surface area contributed by atoms with Crippen LogP contribution in [0, 0.1) is 0 Å². The lowest BCUT2D eigenvalue weighted by Crippen LogP contribution is -2.33. The second-order valence-corrected chi connectivity index (χ2v) is 7.59. The number of rotatable bonds is 10. The first kappa shape index (κ1) is 19.2. The molecule has 0 aromatic heterocycles. The van der Waals surface area contributed by atoms with Gasteiger partial charge in [0.1, 0.15) is 30.8 Å². The van der Waals surface area contributed by atoms with Crippen molar-refractivity contribution in [1.29, 1.82) is 0 Å². The molecule has 0 fully saturated rings. The van der Waals surface area contributed by atoms with Gasteiger partial charge in [-0.15, -0.1) is 0 Å². The van der Waals surface area contributed by atoms with Crippen LogP contribution in [0.2, 0.25) is 0 Å². The maximum absolute atomic E-state index is 11.4. The molecule has 0 amide bonds. The summed E-state index contributed by atoms with van der Waals surface area (Å²) in [4.78, 5) is 0.237. The van der Waals surface area contributed by atoms with Gasteiger partial charge < -0.3 is 19.9 Å². The number of aliphatic hydroxyl groups excluding tert-OH is 1. The van der Waals surface area contributed by atoms with Crippen LogP contribution in [-0.2, 0) is 9.84 Å². The molecule has 1 unspecified atom stereocenters. The highest BCUT2D eigenvalue weighted by molar-refractivity contribution is 7.90. The quantitative estimate of drug-likeness (QED) is 0.621. The number of hydrogen-bond donors (Lipinski definition) is 2. The Balaban J connectivity index is 1.61. The predicted molar refractivity (Wildman–Crippen MR) is 95.9 cm³/mol. The van der Waals surface area contributed by atoms with Crippen LogP contribution in [0.4, 0.5) is 0 Å². The highest BCUT2D eigenvalue weighted by Gasteiger charge is 2.08. The SMILES string of the molecule is CS(=O)(=O)c1ccc(OCC(O)CNCCOc2ccccc2)cc1. The van der Waals surface area contributed by atoms with Crippen molar-refractivity contribution in [2.24, 2.45) is 0 Å². The number of ether oxygens (including phenoxy) is 2. The first-order valence-corrected chi connectivity index (χ1v) is 9.84. The van der Waals surface area contributed by atoms with Gasteiger partial charge in [-0.05, 0) is 36.4 Å². The zero-order valence-electron chi connectivity index (χ0n) is 14.1. The van der Waals surface area contributed by atoms with E-state index in [2.05, 4.69) is 5.32 Å².